The lowest BCUT2D eigenvalue weighted by Gasteiger charge is -2.38. The molecule has 248 valence electrons. The summed E-state index contributed by atoms with van der Waals surface area (Å²) in [4.78, 5) is 51.3. The second-order valence-electron chi connectivity index (χ2n) is 12.6. The van der Waals surface area contributed by atoms with Crippen LogP contribution in [-0.2, 0) is 23.9 Å². The standard InChI is InChI=1S/C32H46ClN3O3.C2H2O4/c1-2-3-4-5-6-7-8-9-19-39-28(22-34-15-17-35(18-16-34)27-12-10-11-26(33)21-27)23-36-31(37)29-24-13-14-25(20-24)30(29)32(36)38;3-1(4)2(5)6/h10-14,21,24-25,28-30H,2-9,15-20,22-23H2,1H3;(H,3,4)(H,5,6)/t24-,25?,28?,29-,30?;/m0./s1. The van der Waals surface area contributed by atoms with E-state index in [9.17, 15) is 9.59 Å². The highest BCUT2D eigenvalue weighted by atomic mass is 35.5. The summed E-state index contributed by atoms with van der Waals surface area (Å²) in [6.45, 7) is 7.77. The van der Waals surface area contributed by atoms with E-state index in [2.05, 4.69) is 34.9 Å². The van der Waals surface area contributed by atoms with Gasteiger partial charge < -0.3 is 19.8 Å². The average Bonchev–Trinajstić information content (AvgIpc) is 3.71. The number of carboxylic acid groups (broad SMARTS) is 2. The largest absolute Gasteiger partial charge is 0.473 e. The topological polar surface area (TPSA) is 128 Å². The second kappa shape index (κ2) is 17.1. The molecule has 5 atom stereocenters. The van der Waals surface area contributed by atoms with E-state index in [1.54, 1.807) is 4.90 Å². The predicted molar refractivity (Wildman–Crippen MR) is 172 cm³/mol. The first-order valence-electron chi connectivity index (χ1n) is 16.5. The Hall–Kier alpha value is -2.95. The Labute approximate surface area is 271 Å². The van der Waals surface area contributed by atoms with Crippen molar-refractivity contribution in [1.82, 2.24) is 9.80 Å². The van der Waals surface area contributed by atoms with Gasteiger partial charge in [-0.15, -0.1) is 0 Å². The van der Waals surface area contributed by atoms with Crippen molar-refractivity contribution in [2.75, 3.05) is 50.8 Å². The number of hydrogen-bond acceptors (Lipinski definition) is 7. The molecule has 2 bridgehead atoms. The van der Waals surface area contributed by atoms with Gasteiger partial charge in [0.25, 0.3) is 0 Å². The third-order valence-electron chi connectivity index (χ3n) is 9.49. The number of hydrogen-bond donors (Lipinski definition) is 2. The highest BCUT2D eigenvalue weighted by Crippen LogP contribution is 2.52. The quantitative estimate of drug-likeness (QED) is 0.118. The number of carbonyl (C=O) groups is 4. The van der Waals surface area contributed by atoms with E-state index in [1.165, 1.54) is 44.9 Å². The molecule has 2 amide bonds. The fraction of sp³-hybridized carbons (Fsp3) is 0.647. The zero-order valence-electron chi connectivity index (χ0n) is 26.3. The maximum atomic E-state index is 13.4. The zero-order valence-corrected chi connectivity index (χ0v) is 27.1. The van der Waals surface area contributed by atoms with Crippen molar-refractivity contribution in [2.24, 2.45) is 23.7 Å². The van der Waals surface area contributed by atoms with Gasteiger partial charge >= 0.3 is 11.9 Å². The third-order valence-corrected chi connectivity index (χ3v) is 9.72. The number of rotatable bonds is 15. The van der Waals surface area contributed by atoms with Gasteiger partial charge in [-0.3, -0.25) is 19.4 Å². The fourth-order valence-electron chi connectivity index (χ4n) is 7.15. The number of nitrogens with zero attached hydrogens (tertiary/aromatic N) is 3. The van der Waals surface area contributed by atoms with Crippen molar-refractivity contribution in [3.63, 3.8) is 0 Å². The molecule has 45 heavy (non-hydrogen) atoms. The second-order valence-corrected chi connectivity index (χ2v) is 13.1. The van der Waals surface area contributed by atoms with Crippen LogP contribution in [0.3, 0.4) is 0 Å². The number of likely N-dealkylation sites (tertiary alicyclic amines) is 1. The number of carboxylic acids is 2. The van der Waals surface area contributed by atoms with Crippen LogP contribution in [0.25, 0.3) is 0 Å². The minimum Gasteiger partial charge on any atom is -0.473 e. The van der Waals surface area contributed by atoms with Crippen LogP contribution < -0.4 is 4.90 Å². The van der Waals surface area contributed by atoms with E-state index >= 15 is 0 Å². The molecule has 4 aliphatic rings. The van der Waals surface area contributed by atoms with Gasteiger partial charge in [-0.25, -0.2) is 9.59 Å². The smallest absolute Gasteiger partial charge is 0.414 e. The molecule has 10 nitrogen and oxygen atoms in total. The summed E-state index contributed by atoms with van der Waals surface area (Å²) in [5, 5.41) is 15.5. The van der Waals surface area contributed by atoms with Crippen molar-refractivity contribution in [3.8, 4) is 0 Å². The zero-order chi connectivity index (χ0) is 32.3. The van der Waals surface area contributed by atoms with Crippen LogP contribution >= 0.6 is 11.6 Å². The molecule has 2 N–H and O–H groups in total. The maximum Gasteiger partial charge on any atom is 0.414 e. The first kappa shape index (κ1) is 34.9. The van der Waals surface area contributed by atoms with Crippen molar-refractivity contribution >= 4 is 41.0 Å². The Bertz CT molecular complexity index is 1160. The SMILES string of the molecule is CCCCCCCCCCOC(CN1CCN(c2cccc(Cl)c2)CC1)CN1C(=O)C2C3C=C[C@@H](C3)[C@@H]2C1=O.O=C(O)C(=O)O. The lowest BCUT2D eigenvalue weighted by atomic mass is 9.85. The minimum absolute atomic E-state index is 0.0355. The highest BCUT2D eigenvalue weighted by molar-refractivity contribution is 6.30. The van der Waals surface area contributed by atoms with Gasteiger partial charge in [0, 0.05) is 50.0 Å². The summed E-state index contributed by atoms with van der Waals surface area (Å²) in [5.41, 5.74) is 1.16. The van der Waals surface area contributed by atoms with Crippen LogP contribution in [0.5, 0.6) is 0 Å². The molecule has 0 spiro atoms. The number of amides is 2. The molecule has 2 heterocycles. The van der Waals surface area contributed by atoms with E-state index in [0.29, 0.717) is 13.2 Å². The normalized spacial score (nSPS) is 24.5. The van der Waals surface area contributed by atoms with Crippen LogP contribution in [0.4, 0.5) is 5.69 Å². The highest BCUT2D eigenvalue weighted by Gasteiger charge is 2.59. The Kier molecular flexibility index (Phi) is 13.3. The van der Waals surface area contributed by atoms with Crippen molar-refractivity contribution in [2.45, 2.75) is 70.8 Å². The van der Waals surface area contributed by atoms with Crippen LogP contribution in [-0.4, -0.2) is 95.7 Å². The van der Waals surface area contributed by atoms with Gasteiger partial charge in [0.1, 0.15) is 0 Å². The molecule has 11 heteroatoms. The number of benzene rings is 1. The van der Waals surface area contributed by atoms with Gasteiger partial charge in [0.2, 0.25) is 11.8 Å². The van der Waals surface area contributed by atoms with Gasteiger partial charge in [0.15, 0.2) is 0 Å². The molecular weight excluding hydrogens is 598 g/mol. The summed E-state index contributed by atoms with van der Waals surface area (Å²) < 4.78 is 6.43. The molecule has 1 saturated carbocycles. The van der Waals surface area contributed by atoms with Gasteiger partial charge in [-0.05, 0) is 42.9 Å². The summed E-state index contributed by atoms with van der Waals surface area (Å²) in [7, 11) is 0. The van der Waals surface area contributed by atoms with Gasteiger partial charge in [-0.2, -0.15) is 0 Å². The van der Waals surface area contributed by atoms with Gasteiger partial charge in [0.05, 0.1) is 24.5 Å². The number of carbonyl (C=O) groups excluding carboxylic acids is 2. The number of fused-ring (bicyclic) bond motifs is 5. The molecule has 2 saturated heterocycles. The first-order chi connectivity index (χ1) is 21.7. The lowest BCUT2D eigenvalue weighted by molar-refractivity contribution is -0.159. The Morgan fingerprint density at radius 1 is 0.867 bits per heavy atom. The van der Waals surface area contributed by atoms with Crippen molar-refractivity contribution in [3.05, 3.63) is 41.4 Å². The monoisotopic (exact) mass is 645 g/mol. The van der Waals surface area contributed by atoms with Gasteiger partial charge in [-0.1, -0.05) is 81.7 Å². The molecular formula is C34H48ClN3O7. The van der Waals surface area contributed by atoms with E-state index in [1.807, 2.05) is 18.2 Å². The molecule has 2 aliphatic carbocycles. The molecule has 3 fully saturated rings. The number of halogens is 1. The number of imide groups is 1. The fourth-order valence-corrected chi connectivity index (χ4v) is 7.33. The van der Waals surface area contributed by atoms with E-state index in [-0.39, 0.29) is 41.6 Å². The van der Waals surface area contributed by atoms with Crippen LogP contribution in [0.1, 0.15) is 64.7 Å². The molecule has 5 rings (SSSR count). The summed E-state index contributed by atoms with van der Waals surface area (Å²) in [6.07, 6.45) is 15.2. The predicted octanol–water partition coefficient (Wildman–Crippen LogP) is 4.95. The van der Waals surface area contributed by atoms with Crippen LogP contribution in [0, 0.1) is 23.7 Å². The number of unbranched alkanes of at least 4 members (excludes halogenated alkanes) is 7. The minimum atomic E-state index is -1.82. The Balaban J connectivity index is 0.000000700. The molecule has 1 aromatic rings. The van der Waals surface area contributed by atoms with E-state index < -0.39 is 11.9 Å². The number of aliphatic carboxylic acids is 2. The number of ether oxygens (including phenoxy) is 1. The third kappa shape index (κ3) is 9.53. The summed E-state index contributed by atoms with van der Waals surface area (Å²) in [6, 6.07) is 8.05. The Morgan fingerprint density at radius 2 is 1.44 bits per heavy atom. The molecule has 0 radical (unpaired) electrons. The Morgan fingerprint density at radius 3 is 2.00 bits per heavy atom. The molecule has 0 aromatic heterocycles. The maximum absolute atomic E-state index is 13.4. The van der Waals surface area contributed by atoms with E-state index in [4.69, 9.17) is 36.1 Å². The molecule has 2 aliphatic heterocycles. The number of allylic oxidation sites excluding steroid dienone is 2. The average molecular weight is 646 g/mol. The lowest BCUT2D eigenvalue weighted by Crippen LogP contribution is -2.51. The van der Waals surface area contributed by atoms with Crippen molar-refractivity contribution < 1.29 is 34.1 Å². The van der Waals surface area contributed by atoms with Crippen LogP contribution in [0.15, 0.2) is 36.4 Å². The van der Waals surface area contributed by atoms with E-state index in [0.717, 1.165) is 56.3 Å². The number of anilines is 1. The summed E-state index contributed by atoms with van der Waals surface area (Å²) in [5.74, 6) is -3.36. The summed E-state index contributed by atoms with van der Waals surface area (Å²) >= 11 is 6.21. The molecule has 3 unspecified atom stereocenters. The first-order valence-corrected chi connectivity index (χ1v) is 16.9. The van der Waals surface area contributed by atoms with Crippen LogP contribution in [0.2, 0.25) is 5.02 Å². The molecule has 1 aromatic carbocycles. The van der Waals surface area contributed by atoms with Crippen molar-refractivity contribution in [1.29, 1.82) is 0 Å². The number of piperazine rings is 1.